The van der Waals surface area contributed by atoms with Crippen molar-refractivity contribution in [2.24, 2.45) is 0 Å². The Morgan fingerprint density at radius 3 is 2.27 bits per heavy atom. The Hall–Kier alpha value is -4.40. The molecule has 0 fully saturated rings. The van der Waals surface area contributed by atoms with E-state index in [0.717, 1.165) is 5.56 Å². The molecule has 3 rings (SSSR count). The minimum Gasteiger partial charge on any atom is -0.495 e. The molecule has 0 aromatic heterocycles. The molecule has 1 atom stereocenters. The molecule has 9 nitrogen and oxygen atoms in total. The third-order valence-electron chi connectivity index (χ3n) is 4.77. The number of benzene rings is 3. The lowest BCUT2D eigenvalue weighted by Crippen LogP contribution is -2.45. The number of hydrogen-bond acceptors (Lipinski definition) is 6. The Balaban J connectivity index is 1.73. The first-order chi connectivity index (χ1) is 16.0. The molecule has 0 unspecified atom stereocenters. The van der Waals surface area contributed by atoms with Crippen LogP contribution in [0.1, 0.15) is 11.1 Å². The lowest BCUT2D eigenvalue weighted by atomic mass is 10.0. The van der Waals surface area contributed by atoms with Crippen molar-refractivity contribution in [1.29, 1.82) is 0 Å². The van der Waals surface area contributed by atoms with Gasteiger partial charge in [-0.1, -0.05) is 54.6 Å². The molecule has 0 saturated carbocycles. The van der Waals surface area contributed by atoms with Gasteiger partial charge < -0.3 is 20.1 Å². The summed E-state index contributed by atoms with van der Waals surface area (Å²) in [6.45, 7) is 0.0467. The second-order valence-corrected chi connectivity index (χ2v) is 7.08. The first-order valence-corrected chi connectivity index (χ1v) is 10.1. The fourth-order valence-corrected chi connectivity index (χ4v) is 3.07. The van der Waals surface area contributed by atoms with Crippen molar-refractivity contribution in [2.75, 3.05) is 12.4 Å². The molecule has 0 aliphatic carbocycles. The third-order valence-corrected chi connectivity index (χ3v) is 4.77. The summed E-state index contributed by atoms with van der Waals surface area (Å²) in [4.78, 5) is 35.8. The molecule has 9 heteroatoms. The summed E-state index contributed by atoms with van der Waals surface area (Å²) in [6.07, 6.45) is -0.666. The van der Waals surface area contributed by atoms with Crippen LogP contribution in [0, 0.1) is 10.1 Å². The normalized spacial score (nSPS) is 11.2. The van der Waals surface area contributed by atoms with Crippen LogP contribution in [0.4, 0.5) is 16.2 Å². The molecule has 0 spiro atoms. The molecule has 0 saturated heterocycles. The number of non-ortho nitro benzene ring substituents is 1. The number of methoxy groups -OCH3 is 1. The number of ether oxygens (including phenoxy) is 2. The van der Waals surface area contributed by atoms with Gasteiger partial charge in [0.05, 0.1) is 17.7 Å². The average molecular weight is 449 g/mol. The molecule has 0 heterocycles. The van der Waals surface area contributed by atoms with E-state index in [1.807, 2.05) is 30.3 Å². The number of nitro groups is 1. The zero-order valence-electron chi connectivity index (χ0n) is 17.9. The Morgan fingerprint density at radius 2 is 1.61 bits per heavy atom. The number of anilines is 1. The molecule has 0 aliphatic rings. The predicted octanol–water partition coefficient (Wildman–Crippen LogP) is 4.08. The van der Waals surface area contributed by atoms with Gasteiger partial charge in [0.2, 0.25) is 5.91 Å². The molecule has 2 amide bonds. The van der Waals surface area contributed by atoms with Gasteiger partial charge in [-0.2, -0.15) is 0 Å². The third kappa shape index (κ3) is 6.79. The van der Waals surface area contributed by atoms with Crippen molar-refractivity contribution < 1.29 is 24.0 Å². The van der Waals surface area contributed by atoms with Crippen LogP contribution in [-0.4, -0.2) is 30.1 Å². The van der Waals surface area contributed by atoms with E-state index in [1.165, 1.54) is 19.2 Å². The van der Waals surface area contributed by atoms with Gasteiger partial charge in [-0.05, 0) is 23.3 Å². The van der Waals surface area contributed by atoms with Crippen LogP contribution in [-0.2, 0) is 22.6 Å². The van der Waals surface area contributed by atoms with Gasteiger partial charge in [0.25, 0.3) is 5.69 Å². The molecule has 3 aromatic carbocycles. The van der Waals surface area contributed by atoms with Crippen LogP contribution < -0.4 is 15.4 Å². The van der Waals surface area contributed by atoms with Crippen LogP contribution in [0.5, 0.6) is 5.75 Å². The average Bonchev–Trinajstić information content (AvgIpc) is 2.83. The second-order valence-electron chi connectivity index (χ2n) is 7.08. The quantitative estimate of drug-likeness (QED) is 0.375. The number of carbonyl (C=O) groups excluding carboxylic acids is 2. The number of carbonyl (C=O) groups is 2. The molecule has 33 heavy (non-hydrogen) atoms. The minimum atomic E-state index is -1.00. The van der Waals surface area contributed by atoms with Crippen LogP contribution >= 0.6 is 0 Å². The van der Waals surface area contributed by atoms with Gasteiger partial charge in [-0.15, -0.1) is 0 Å². The van der Waals surface area contributed by atoms with E-state index in [1.54, 1.807) is 36.4 Å². The van der Waals surface area contributed by atoms with Crippen LogP contribution in [0.3, 0.4) is 0 Å². The number of amides is 2. The van der Waals surface area contributed by atoms with E-state index < -0.39 is 23.0 Å². The van der Waals surface area contributed by atoms with E-state index in [0.29, 0.717) is 17.0 Å². The lowest BCUT2D eigenvalue weighted by Gasteiger charge is -2.19. The molecule has 0 radical (unpaired) electrons. The smallest absolute Gasteiger partial charge is 0.408 e. The van der Waals surface area contributed by atoms with Gasteiger partial charge in [0.1, 0.15) is 18.4 Å². The van der Waals surface area contributed by atoms with Crippen molar-refractivity contribution in [1.82, 2.24) is 5.32 Å². The Kier molecular flexibility index (Phi) is 7.96. The number of nitro benzene ring substituents is 1. The van der Waals surface area contributed by atoms with E-state index in [-0.39, 0.29) is 18.7 Å². The van der Waals surface area contributed by atoms with Gasteiger partial charge >= 0.3 is 6.09 Å². The van der Waals surface area contributed by atoms with Gasteiger partial charge in [0.15, 0.2) is 0 Å². The Labute approximate surface area is 190 Å². The summed E-state index contributed by atoms with van der Waals surface area (Å²) >= 11 is 0. The molecule has 2 N–H and O–H groups in total. The maximum atomic E-state index is 13.0. The van der Waals surface area contributed by atoms with Crippen molar-refractivity contribution in [3.63, 3.8) is 0 Å². The SMILES string of the molecule is COc1ccccc1NC(=O)[C@@H](Cc1ccc([N+](=O)[O-])cc1)NC(=O)OCc1ccccc1. The maximum absolute atomic E-state index is 13.0. The summed E-state index contributed by atoms with van der Waals surface area (Å²) < 4.78 is 10.5. The Bertz CT molecular complexity index is 1100. The molecule has 3 aromatic rings. The van der Waals surface area contributed by atoms with Gasteiger partial charge in [0, 0.05) is 18.6 Å². The summed E-state index contributed by atoms with van der Waals surface area (Å²) in [6, 6.07) is 20.8. The molecular formula is C24H23N3O6. The zero-order valence-corrected chi connectivity index (χ0v) is 17.9. The second kappa shape index (κ2) is 11.3. The first kappa shape index (κ1) is 23.3. The molecular weight excluding hydrogens is 426 g/mol. The maximum Gasteiger partial charge on any atom is 0.408 e. The number of rotatable bonds is 9. The summed E-state index contributed by atoms with van der Waals surface area (Å²) in [7, 11) is 1.48. The first-order valence-electron chi connectivity index (χ1n) is 10.1. The van der Waals surface area contributed by atoms with Crippen molar-refractivity contribution >= 4 is 23.4 Å². The van der Waals surface area contributed by atoms with Gasteiger partial charge in [-0.25, -0.2) is 4.79 Å². The highest BCUT2D eigenvalue weighted by atomic mass is 16.6. The molecule has 0 aliphatic heterocycles. The summed E-state index contributed by atoms with van der Waals surface area (Å²) in [5.41, 5.74) is 1.81. The minimum absolute atomic E-state index is 0.0467. The van der Waals surface area contributed by atoms with E-state index >= 15 is 0 Å². The predicted molar refractivity (Wildman–Crippen MR) is 122 cm³/mol. The number of para-hydroxylation sites is 2. The summed E-state index contributed by atoms with van der Waals surface area (Å²) in [5, 5.41) is 16.2. The molecule has 0 bridgehead atoms. The number of alkyl carbamates (subject to hydrolysis) is 1. The number of nitrogens with zero attached hydrogens (tertiary/aromatic N) is 1. The lowest BCUT2D eigenvalue weighted by molar-refractivity contribution is -0.384. The topological polar surface area (TPSA) is 120 Å². The number of nitrogens with one attached hydrogen (secondary N) is 2. The highest BCUT2D eigenvalue weighted by molar-refractivity contribution is 5.97. The monoisotopic (exact) mass is 449 g/mol. The standard InChI is InChI=1S/C24H23N3O6/c1-32-22-10-6-5-9-20(22)25-23(28)21(15-17-11-13-19(14-12-17)27(30)31)26-24(29)33-16-18-7-3-2-4-8-18/h2-14,21H,15-16H2,1H3,(H,25,28)(H,26,29)/t21-/m1/s1. The van der Waals surface area contributed by atoms with Crippen LogP contribution in [0.15, 0.2) is 78.9 Å². The highest BCUT2D eigenvalue weighted by Gasteiger charge is 2.23. The van der Waals surface area contributed by atoms with Crippen molar-refractivity contribution in [3.05, 3.63) is 100 Å². The summed E-state index contributed by atoms with van der Waals surface area (Å²) in [5.74, 6) is -0.0268. The van der Waals surface area contributed by atoms with E-state index in [4.69, 9.17) is 9.47 Å². The zero-order chi connectivity index (χ0) is 23.6. The Morgan fingerprint density at radius 1 is 0.939 bits per heavy atom. The van der Waals surface area contributed by atoms with Crippen LogP contribution in [0.2, 0.25) is 0 Å². The fourth-order valence-electron chi connectivity index (χ4n) is 3.07. The fraction of sp³-hybridized carbons (Fsp3) is 0.167. The van der Waals surface area contributed by atoms with E-state index in [2.05, 4.69) is 10.6 Å². The van der Waals surface area contributed by atoms with Crippen molar-refractivity contribution in [3.8, 4) is 5.75 Å². The highest BCUT2D eigenvalue weighted by Crippen LogP contribution is 2.23. The van der Waals surface area contributed by atoms with Crippen molar-refractivity contribution in [2.45, 2.75) is 19.1 Å². The van der Waals surface area contributed by atoms with Gasteiger partial charge in [-0.3, -0.25) is 14.9 Å². The number of hydrogen-bond donors (Lipinski definition) is 2. The largest absolute Gasteiger partial charge is 0.495 e. The molecule has 170 valence electrons. The van der Waals surface area contributed by atoms with Crippen LogP contribution in [0.25, 0.3) is 0 Å². The van der Waals surface area contributed by atoms with E-state index in [9.17, 15) is 19.7 Å².